The van der Waals surface area contributed by atoms with E-state index in [9.17, 15) is 18.0 Å². The molecular formula is C32H40ClN3O8S. The molecule has 45 heavy (non-hydrogen) atoms. The summed E-state index contributed by atoms with van der Waals surface area (Å²) in [4.78, 5) is 28.7. The third-order valence-corrected chi connectivity index (χ3v) is 9.28. The number of benzene rings is 3. The number of hydrogen-bond donors (Lipinski definition) is 1. The van der Waals surface area contributed by atoms with Crippen LogP contribution in [0.25, 0.3) is 0 Å². The van der Waals surface area contributed by atoms with Gasteiger partial charge < -0.3 is 29.2 Å². The highest BCUT2D eigenvalue weighted by Crippen LogP contribution is 2.37. The van der Waals surface area contributed by atoms with Crippen molar-refractivity contribution in [3.63, 3.8) is 0 Å². The molecule has 3 rings (SSSR count). The first kappa shape index (κ1) is 35.3. The molecule has 2 atom stereocenters. The van der Waals surface area contributed by atoms with Gasteiger partial charge in [0.2, 0.25) is 11.8 Å². The van der Waals surface area contributed by atoms with Gasteiger partial charge in [0.15, 0.2) is 11.5 Å². The third-order valence-electron chi connectivity index (χ3n) is 7.29. The summed E-state index contributed by atoms with van der Waals surface area (Å²) in [5.41, 5.74) is 0.715. The second-order valence-electron chi connectivity index (χ2n) is 10.2. The normalized spacial score (nSPS) is 12.4. The maximum Gasteiger partial charge on any atom is 0.265 e. The Morgan fingerprint density at radius 3 is 2.16 bits per heavy atom. The van der Waals surface area contributed by atoms with Gasteiger partial charge in [-0.1, -0.05) is 30.7 Å². The second kappa shape index (κ2) is 15.7. The minimum absolute atomic E-state index is 0.00204. The van der Waals surface area contributed by atoms with Crippen LogP contribution < -0.4 is 28.6 Å². The highest BCUT2D eigenvalue weighted by atomic mass is 35.5. The van der Waals surface area contributed by atoms with Crippen molar-refractivity contribution in [2.24, 2.45) is 0 Å². The van der Waals surface area contributed by atoms with Gasteiger partial charge in [-0.25, -0.2) is 8.42 Å². The number of carbonyl (C=O) groups is 2. The molecule has 0 aliphatic heterocycles. The second-order valence-corrected chi connectivity index (χ2v) is 12.5. The van der Waals surface area contributed by atoms with Crippen molar-refractivity contribution >= 4 is 39.1 Å². The quantitative estimate of drug-likeness (QED) is 0.244. The molecule has 11 nitrogen and oxygen atoms in total. The Balaban J connectivity index is 2.15. The van der Waals surface area contributed by atoms with Crippen molar-refractivity contribution in [2.75, 3.05) is 39.3 Å². The predicted molar refractivity (Wildman–Crippen MR) is 173 cm³/mol. The van der Waals surface area contributed by atoms with E-state index in [1.165, 1.54) is 63.7 Å². The molecule has 0 aliphatic carbocycles. The van der Waals surface area contributed by atoms with Crippen molar-refractivity contribution in [1.29, 1.82) is 0 Å². The third kappa shape index (κ3) is 8.52. The Morgan fingerprint density at radius 2 is 1.53 bits per heavy atom. The average molecular weight is 662 g/mol. The summed E-state index contributed by atoms with van der Waals surface area (Å²) in [5, 5.41) is 3.13. The number of amides is 2. The Kier molecular flexibility index (Phi) is 12.3. The Bertz CT molecular complexity index is 1600. The summed E-state index contributed by atoms with van der Waals surface area (Å²) in [6, 6.07) is 14.5. The number of nitrogens with zero attached hydrogens (tertiary/aromatic N) is 2. The van der Waals surface area contributed by atoms with E-state index in [2.05, 4.69) is 5.32 Å². The van der Waals surface area contributed by atoms with Gasteiger partial charge in [-0.15, -0.1) is 0 Å². The molecule has 0 aliphatic rings. The van der Waals surface area contributed by atoms with E-state index in [0.717, 1.165) is 4.31 Å². The van der Waals surface area contributed by atoms with Crippen LogP contribution in [0.3, 0.4) is 0 Å². The summed E-state index contributed by atoms with van der Waals surface area (Å²) in [5.74, 6) is 0.213. The number of halogens is 1. The molecule has 0 heterocycles. The molecule has 13 heteroatoms. The van der Waals surface area contributed by atoms with Gasteiger partial charge in [0.25, 0.3) is 10.0 Å². The highest BCUT2D eigenvalue weighted by Gasteiger charge is 2.34. The number of nitrogens with one attached hydrogen (secondary N) is 1. The summed E-state index contributed by atoms with van der Waals surface area (Å²) in [6.45, 7) is 4.72. The zero-order valence-corrected chi connectivity index (χ0v) is 28.1. The Hall–Kier alpha value is -4.16. The van der Waals surface area contributed by atoms with E-state index < -0.39 is 28.5 Å². The van der Waals surface area contributed by atoms with Gasteiger partial charge in [-0.3, -0.25) is 13.9 Å². The number of methoxy groups -OCH3 is 4. The molecule has 0 bridgehead atoms. The molecule has 0 unspecified atom stereocenters. The van der Waals surface area contributed by atoms with Crippen LogP contribution in [0.15, 0.2) is 65.6 Å². The van der Waals surface area contributed by atoms with Gasteiger partial charge in [-0.2, -0.15) is 0 Å². The SMILES string of the molecule is CC[C@@H](C)NC(=O)[C@@H](C)N(Cc1cccc(OC)c1)C(=O)CN(c1cc(Cl)ccc1OC)S(=O)(=O)c1ccc(OC)c(OC)c1. The number of sulfonamides is 1. The molecule has 0 aromatic heterocycles. The Morgan fingerprint density at radius 1 is 0.867 bits per heavy atom. The standard InChI is InChI=1S/C32H40ClN3O8S/c1-8-21(2)34-32(38)22(3)35(19-23-10-9-11-25(16-23)41-4)31(37)20-36(27-17-24(33)12-14-28(27)42-5)45(39,40)26-13-15-29(43-6)30(18-26)44-7/h9-18,21-22H,8,19-20H2,1-7H3,(H,34,38)/t21-,22-/m1/s1. The van der Waals surface area contributed by atoms with Gasteiger partial charge in [0, 0.05) is 23.7 Å². The lowest BCUT2D eigenvalue weighted by Gasteiger charge is -2.33. The van der Waals surface area contributed by atoms with E-state index in [-0.39, 0.29) is 45.6 Å². The molecular weight excluding hydrogens is 622 g/mol. The monoisotopic (exact) mass is 661 g/mol. The first-order chi connectivity index (χ1) is 21.4. The first-order valence-electron chi connectivity index (χ1n) is 14.2. The van der Waals surface area contributed by atoms with Gasteiger partial charge in [0.05, 0.1) is 39.0 Å². The summed E-state index contributed by atoms with van der Waals surface area (Å²) in [7, 11) is 1.28. The van der Waals surface area contributed by atoms with Crippen molar-refractivity contribution in [3.05, 3.63) is 71.2 Å². The summed E-state index contributed by atoms with van der Waals surface area (Å²) < 4.78 is 51.0. The zero-order valence-electron chi connectivity index (χ0n) is 26.5. The molecule has 0 saturated carbocycles. The van der Waals surface area contributed by atoms with Crippen LogP contribution in [0.5, 0.6) is 23.0 Å². The maximum absolute atomic E-state index is 14.3. The maximum atomic E-state index is 14.3. The summed E-state index contributed by atoms with van der Waals surface area (Å²) >= 11 is 6.32. The largest absolute Gasteiger partial charge is 0.497 e. The van der Waals surface area contributed by atoms with Gasteiger partial charge >= 0.3 is 0 Å². The number of hydrogen-bond acceptors (Lipinski definition) is 8. The van der Waals surface area contributed by atoms with Crippen LogP contribution in [-0.2, 0) is 26.2 Å². The van der Waals surface area contributed by atoms with Crippen molar-refractivity contribution in [2.45, 2.75) is 50.7 Å². The van der Waals surface area contributed by atoms with Gasteiger partial charge in [0.1, 0.15) is 24.1 Å². The molecule has 244 valence electrons. The fourth-order valence-corrected chi connectivity index (χ4v) is 6.09. The van der Waals surface area contributed by atoms with Crippen LogP contribution in [-0.4, -0.2) is 72.2 Å². The number of carbonyl (C=O) groups excluding carboxylic acids is 2. The minimum Gasteiger partial charge on any atom is -0.497 e. The number of anilines is 1. The molecule has 3 aromatic rings. The Labute approximate surface area is 270 Å². The molecule has 0 fully saturated rings. The van der Waals surface area contributed by atoms with E-state index in [1.54, 1.807) is 37.3 Å². The predicted octanol–water partition coefficient (Wildman–Crippen LogP) is 4.90. The zero-order chi connectivity index (χ0) is 33.3. The van der Waals surface area contributed by atoms with Crippen LogP contribution in [0.4, 0.5) is 5.69 Å². The van der Waals surface area contributed by atoms with Crippen molar-refractivity contribution < 1.29 is 37.0 Å². The van der Waals surface area contributed by atoms with E-state index in [1.807, 2.05) is 13.8 Å². The van der Waals surface area contributed by atoms with E-state index in [4.69, 9.17) is 30.5 Å². The molecule has 2 amide bonds. The van der Waals surface area contributed by atoms with E-state index in [0.29, 0.717) is 23.5 Å². The smallest absolute Gasteiger partial charge is 0.265 e. The minimum atomic E-state index is -4.45. The summed E-state index contributed by atoms with van der Waals surface area (Å²) in [6.07, 6.45) is 0.689. The van der Waals surface area contributed by atoms with Crippen molar-refractivity contribution in [3.8, 4) is 23.0 Å². The van der Waals surface area contributed by atoms with Crippen LogP contribution in [0, 0.1) is 0 Å². The van der Waals surface area contributed by atoms with Crippen LogP contribution >= 0.6 is 11.6 Å². The van der Waals surface area contributed by atoms with Crippen LogP contribution in [0.1, 0.15) is 32.8 Å². The fraction of sp³-hybridized carbons (Fsp3) is 0.375. The number of ether oxygens (including phenoxy) is 4. The molecule has 3 aromatic carbocycles. The van der Waals surface area contributed by atoms with Crippen LogP contribution in [0.2, 0.25) is 5.02 Å². The molecule has 1 N–H and O–H groups in total. The average Bonchev–Trinajstić information content (AvgIpc) is 3.04. The molecule has 0 saturated heterocycles. The fourth-order valence-electron chi connectivity index (χ4n) is 4.49. The topological polar surface area (TPSA) is 124 Å². The molecule has 0 radical (unpaired) electrons. The lowest BCUT2D eigenvalue weighted by Crippen LogP contribution is -2.52. The molecule has 0 spiro atoms. The van der Waals surface area contributed by atoms with E-state index >= 15 is 0 Å². The lowest BCUT2D eigenvalue weighted by molar-refractivity contribution is -0.139. The lowest BCUT2D eigenvalue weighted by atomic mass is 10.1. The van der Waals surface area contributed by atoms with Crippen molar-refractivity contribution in [1.82, 2.24) is 10.2 Å². The van der Waals surface area contributed by atoms with Gasteiger partial charge in [-0.05, 0) is 68.3 Å². The number of rotatable bonds is 15. The highest BCUT2D eigenvalue weighted by molar-refractivity contribution is 7.92. The first-order valence-corrected chi connectivity index (χ1v) is 16.0.